The van der Waals surface area contributed by atoms with Gasteiger partial charge < -0.3 is 10.2 Å². The predicted octanol–water partition coefficient (Wildman–Crippen LogP) is 2.89. The minimum absolute atomic E-state index is 0.789. The van der Waals surface area contributed by atoms with Gasteiger partial charge in [0.15, 0.2) is 0 Å². The molecule has 0 aromatic heterocycles. The van der Waals surface area contributed by atoms with Crippen molar-refractivity contribution in [3.63, 3.8) is 0 Å². The molecule has 1 aliphatic heterocycles. The van der Waals surface area contributed by atoms with Crippen molar-refractivity contribution in [2.45, 2.75) is 58.4 Å². The maximum atomic E-state index is 3.75. The Hall–Kier alpha value is -0.0800. The Balaban J connectivity index is 1.74. The molecule has 0 bridgehead atoms. The highest BCUT2D eigenvalue weighted by Gasteiger charge is 2.29. The SMILES string of the molecule is CCCNC1CCN(CC2CCC2)CC1CC. The minimum Gasteiger partial charge on any atom is -0.314 e. The van der Waals surface area contributed by atoms with Crippen LogP contribution in [-0.4, -0.2) is 37.1 Å². The number of nitrogens with zero attached hydrogens (tertiary/aromatic N) is 1. The topological polar surface area (TPSA) is 15.3 Å². The van der Waals surface area contributed by atoms with Gasteiger partial charge in [-0.3, -0.25) is 0 Å². The van der Waals surface area contributed by atoms with Gasteiger partial charge in [-0.1, -0.05) is 26.7 Å². The second-order valence-corrected chi connectivity index (χ2v) is 6.07. The van der Waals surface area contributed by atoms with Crippen LogP contribution in [-0.2, 0) is 0 Å². The Morgan fingerprint density at radius 1 is 1.18 bits per heavy atom. The third-order valence-electron chi connectivity index (χ3n) is 4.74. The van der Waals surface area contributed by atoms with Crippen LogP contribution >= 0.6 is 0 Å². The Morgan fingerprint density at radius 3 is 2.59 bits per heavy atom. The van der Waals surface area contributed by atoms with Crippen LogP contribution in [0.3, 0.4) is 0 Å². The second kappa shape index (κ2) is 6.75. The van der Waals surface area contributed by atoms with Crippen molar-refractivity contribution in [1.29, 1.82) is 0 Å². The van der Waals surface area contributed by atoms with E-state index in [2.05, 4.69) is 24.1 Å². The highest BCUT2D eigenvalue weighted by molar-refractivity contribution is 4.86. The van der Waals surface area contributed by atoms with E-state index in [0.717, 1.165) is 17.9 Å². The highest BCUT2D eigenvalue weighted by Crippen LogP contribution is 2.29. The van der Waals surface area contributed by atoms with Crippen LogP contribution in [0.2, 0.25) is 0 Å². The van der Waals surface area contributed by atoms with Gasteiger partial charge in [-0.2, -0.15) is 0 Å². The zero-order chi connectivity index (χ0) is 12.1. The average Bonchev–Trinajstić information content (AvgIpc) is 2.31. The molecule has 2 fully saturated rings. The lowest BCUT2D eigenvalue weighted by molar-refractivity contribution is 0.0992. The maximum absolute atomic E-state index is 3.75. The Kier molecular flexibility index (Phi) is 5.30. The van der Waals surface area contributed by atoms with Crippen LogP contribution in [0.4, 0.5) is 0 Å². The van der Waals surface area contributed by atoms with E-state index in [-0.39, 0.29) is 0 Å². The molecular formula is C15H30N2. The molecule has 2 heteroatoms. The number of nitrogens with one attached hydrogen (secondary N) is 1. The van der Waals surface area contributed by atoms with Gasteiger partial charge in [0.1, 0.15) is 0 Å². The Bertz CT molecular complexity index is 213. The lowest BCUT2D eigenvalue weighted by Gasteiger charge is -2.41. The molecule has 1 saturated carbocycles. The van der Waals surface area contributed by atoms with E-state index >= 15 is 0 Å². The van der Waals surface area contributed by atoms with E-state index in [9.17, 15) is 0 Å². The van der Waals surface area contributed by atoms with Crippen LogP contribution in [0.25, 0.3) is 0 Å². The van der Waals surface area contributed by atoms with Crippen LogP contribution in [0.5, 0.6) is 0 Å². The van der Waals surface area contributed by atoms with Crippen molar-refractivity contribution >= 4 is 0 Å². The minimum atomic E-state index is 0.789. The normalized spacial score (nSPS) is 31.4. The molecule has 0 aromatic rings. The van der Waals surface area contributed by atoms with Gasteiger partial charge in [-0.15, -0.1) is 0 Å². The van der Waals surface area contributed by atoms with E-state index in [4.69, 9.17) is 0 Å². The summed E-state index contributed by atoms with van der Waals surface area (Å²) in [6.45, 7) is 9.88. The van der Waals surface area contributed by atoms with Crippen LogP contribution in [0.15, 0.2) is 0 Å². The summed E-state index contributed by atoms with van der Waals surface area (Å²) in [7, 11) is 0. The summed E-state index contributed by atoms with van der Waals surface area (Å²) in [5.74, 6) is 1.92. The largest absolute Gasteiger partial charge is 0.314 e. The molecule has 0 aromatic carbocycles. The van der Waals surface area contributed by atoms with E-state index in [0.29, 0.717) is 0 Å². The van der Waals surface area contributed by atoms with Crippen molar-refractivity contribution in [2.75, 3.05) is 26.2 Å². The molecule has 1 saturated heterocycles. The molecular weight excluding hydrogens is 208 g/mol. The lowest BCUT2D eigenvalue weighted by Crippen LogP contribution is -2.50. The predicted molar refractivity (Wildman–Crippen MR) is 74.3 cm³/mol. The number of hydrogen-bond donors (Lipinski definition) is 1. The lowest BCUT2D eigenvalue weighted by atomic mass is 9.83. The summed E-state index contributed by atoms with van der Waals surface area (Å²) in [5.41, 5.74) is 0. The number of hydrogen-bond acceptors (Lipinski definition) is 2. The quantitative estimate of drug-likeness (QED) is 0.765. The van der Waals surface area contributed by atoms with Crippen LogP contribution in [0, 0.1) is 11.8 Å². The van der Waals surface area contributed by atoms with Crippen molar-refractivity contribution in [3.8, 4) is 0 Å². The number of likely N-dealkylation sites (tertiary alicyclic amines) is 1. The Labute approximate surface area is 107 Å². The van der Waals surface area contributed by atoms with Gasteiger partial charge >= 0.3 is 0 Å². The summed E-state index contributed by atoms with van der Waals surface area (Å²) in [6, 6.07) is 0.789. The van der Waals surface area contributed by atoms with E-state index < -0.39 is 0 Å². The van der Waals surface area contributed by atoms with Crippen molar-refractivity contribution in [3.05, 3.63) is 0 Å². The average molecular weight is 238 g/mol. The van der Waals surface area contributed by atoms with Crippen molar-refractivity contribution in [2.24, 2.45) is 11.8 Å². The summed E-state index contributed by atoms with van der Waals surface area (Å²) < 4.78 is 0. The molecule has 0 amide bonds. The molecule has 1 aliphatic carbocycles. The van der Waals surface area contributed by atoms with Gasteiger partial charge in [0.25, 0.3) is 0 Å². The molecule has 0 spiro atoms. The molecule has 2 atom stereocenters. The van der Waals surface area contributed by atoms with Gasteiger partial charge in [0.05, 0.1) is 0 Å². The zero-order valence-corrected chi connectivity index (χ0v) is 11.8. The molecule has 2 nitrogen and oxygen atoms in total. The molecule has 100 valence electrons. The molecule has 2 rings (SSSR count). The van der Waals surface area contributed by atoms with Gasteiger partial charge in [-0.05, 0) is 50.6 Å². The first-order valence-electron chi connectivity index (χ1n) is 7.79. The van der Waals surface area contributed by atoms with Crippen molar-refractivity contribution in [1.82, 2.24) is 10.2 Å². The fourth-order valence-corrected chi connectivity index (χ4v) is 3.33. The third-order valence-corrected chi connectivity index (χ3v) is 4.74. The molecule has 0 radical (unpaired) electrons. The summed E-state index contributed by atoms with van der Waals surface area (Å²) in [5, 5.41) is 3.75. The fourth-order valence-electron chi connectivity index (χ4n) is 3.33. The molecule has 2 unspecified atom stereocenters. The Morgan fingerprint density at radius 2 is 2.00 bits per heavy atom. The van der Waals surface area contributed by atoms with E-state index in [1.807, 2.05) is 0 Å². The van der Waals surface area contributed by atoms with E-state index in [1.54, 1.807) is 0 Å². The fraction of sp³-hybridized carbons (Fsp3) is 1.00. The second-order valence-electron chi connectivity index (χ2n) is 6.07. The van der Waals surface area contributed by atoms with Gasteiger partial charge in [-0.25, -0.2) is 0 Å². The summed E-state index contributed by atoms with van der Waals surface area (Å²) >= 11 is 0. The molecule has 1 N–H and O–H groups in total. The smallest absolute Gasteiger partial charge is 0.0120 e. The third kappa shape index (κ3) is 3.69. The molecule has 17 heavy (non-hydrogen) atoms. The monoisotopic (exact) mass is 238 g/mol. The van der Waals surface area contributed by atoms with Crippen LogP contribution in [0.1, 0.15) is 52.4 Å². The zero-order valence-electron chi connectivity index (χ0n) is 11.8. The summed E-state index contributed by atoms with van der Waals surface area (Å²) in [6.07, 6.45) is 8.43. The molecule has 1 heterocycles. The first-order valence-corrected chi connectivity index (χ1v) is 7.79. The number of rotatable bonds is 6. The highest BCUT2D eigenvalue weighted by atomic mass is 15.2. The summed E-state index contributed by atoms with van der Waals surface area (Å²) in [4.78, 5) is 2.74. The van der Waals surface area contributed by atoms with Gasteiger partial charge in [0, 0.05) is 19.1 Å². The number of piperidine rings is 1. The van der Waals surface area contributed by atoms with E-state index in [1.165, 1.54) is 64.7 Å². The van der Waals surface area contributed by atoms with Crippen LogP contribution < -0.4 is 5.32 Å². The molecule has 2 aliphatic rings. The maximum Gasteiger partial charge on any atom is 0.0120 e. The first-order chi connectivity index (χ1) is 8.33. The van der Waals surface area contributed by atoms with Crippen molar-refractivity contribution < 1.29 is 0 Å². The first kappa shape index (κ1) is 13.4. The van der Waals surface area contributed by atoms with Gasteiger partial charge in [0.2, 0.25) is 0 Å². The standard InChI is InChI=1S/C15H30N2/c1-3-9-16-15-8-10-17(12-14(15)4-2)11-13-6-5-7-13/h13-16H,3-12H2,1-2H3.